The zero-order chi connectivity index (χ0) is 17.1. The predicted octanol–water partition coefficient (Wildman–Crippen LogP) is 5.26. The summed E-state index contributed by atoms with van der Waals surface area (Å²) in [7, 11) is 4.08. The van der Waals surface area contributed by atoms with Crippen molar-refractivity contribution >= 4 is 29.2 Å². The summed E-state index contributed by atoms with van der Waals surface area (Å²) in [5.41, 5.74) is 5.29. The maximum atomic E-state index is 6.06. The summed E-state index contributed by atoms with van der Waals surface area (Å²) >= 11 is 6.06. The lowest BCUT2D eigenvalue weighted by Gasteiger charge is -2.13. The van der Waals surface area contributed by atoms with Gasteiger partial charge in [-0.2, -0.15) is 0 Å². The van der Waals surface area contributed by atoms with Crippen molar-refractivity contribution in [1.82, 2.24) is 4.57 Å². The van der Waals surface area contributed by atoms with Crippen molar-refractivity contribution < 1.29 is 0 Å². The van der Waals surface area contributed by atoms with Gasteiger partial charge in [0.2, 0.25) is 0 Å². The Morgan fingerprint density at radius 1 is 1.04 bits per heavy atom. The molecule has 0 aliphatic carbocycles. The Morgan fingerprint density at radius 3 is 2.50 bits per heavy atom. The summed E-state index contributed by atoms with van der Waals surface area (Å²) in [4.78, 5) is 6.69. The molecule has 24 heavy (non-hydrogen) atoms. The second-order valence-electron chi connectivity index (χ2n) is 5.90. The Labute approximate surface area is 147 Å². The monoisotopic (exact) mass is 337 g/mol. The van der Waals surface area contributed by atoms with Crippen molar-refractivity contribution in [3.63, 3.8) is 0 Å². The van der Waals surface area contributed by atoms with Crippen LogP contribution in [-0.4, -0.2) is 24.9 Å². The van der Waals surface area contributed by atoms with Gasteiger partial charge in [0.15, 0.2) is 0 Å². The predicted molar refractivity (Wildman–Crippen MR) is 104 cm³/mol. The van der Waals surface area contributed by atoms with E-state index in [-0.39, 0.29) is 0 Å². The van der Waals surface area contributed by atoms with Crippen molar-refractivity contribution in [2.75, 3.05) is 19.0 Å². The van der Waals surface area contributed by atoms with Crippen molar-refractivity contribution in [1.29, 1.82) is 0 Å². The highest BCUT2D eigenvalue weighted by atomic mass is 35.5. The summed E-state index contributed by atoms with van der Waals surface area (Å²) in [5.74, 6) is 0. The first-order chi connectivity index (χ1) is 11.5. The highest BCUT2D eigenvalue weighted by molar-refractivity contribution is 6.30. The molecule has 4 heteroatoms. The van der Waals surface area contributed by atoms with E-state index in [4.69, 9.17) is 11.6 Å². The third-order valence-corrected chi connectivity index (χ3v) is 4.17. The number of rotatable bonds is 4. The standard InChI is InChI=1S/C20H20ClN3/c1-15-6-7-16(21)13-20(15)22-14-19-5-4-12-24(19)18-10-8-17(9-11-18)23(2)3/h4-14H,1-3H3. The molecule has 0 saturated heterocycles. The Kier molecular flexibility index (Phi) is 4.72. The molecule has 3 nitrogen and oxygen atoms in total. The Balaban J connectivity index is 1.90. The second kappa shape index (κ2) is 6.93. The SMILES string of the molecule is Cc1ccc(Cl)cc1N=Cc1cccn1-c1ccc(N(C)C)cc1. The third-order valence-electron chi connectivity index (χ3n) is 3.93. The van der Waals surface area contributed by atoms with Crippen LogP contribution in [0.15, 0.2) is 65.8 Å². The van der Waals surface area contributed by atoms with Crippen molar-refractivity contribution in [3.8, 4) is 5.69 Å². The molecule has 0 aliphatic heterocycles. The van der Waals surface area contributed by atoms with Gasteiger partial charge < -0.3 is 9.47 Å². The molecular weight excluding hydrogens is 318 g/mol. The van der Waals surface area contributed by atoms with Crippen LogP contribution in [0.5, 0.6) is 0 Å². The van der Waals surface area contributed by atoms with Crippen LogP contribution in [0.1, 0.15) is 11.3 Å². The molecule has 3 rings (SSSR count). The zero-order valence-corrected chi connectivity index (χ0v) is 14.8. The average Bonchev–Trinajstić information content (AvgIpc) is 3.04. The maximum absolute atomic E-state index is 6.06. The van der Waals surface area contributed by atoms with Crippen LogP contribution < -0.4 is 4.90 Å². The van der Waals surface area contributed by atoms with E-state index in [1.54, 1.807) is 0 Å². The quantitative estimate of drug-likeness (QED) is 0.595. The van der Waals surface area contributed by atoms with Gasteiger partial charge >= 0.3 is 0 Å². The number of anilines is 1. The van der Waals surface area contributed by atoms with Gasteiger partial charge in [-0.15, -0.1) is 0 Å². The van der Waals surface area contributed by atoms with Gasteiger partial charge in [0.05, 0.1) is 17.6 Å². The number of nitrogens with zero attached hydrogens (tertiary/aromatic N) is 3. The van der Waals surface area contributed by atoms with Crippen LogP contribution in [0.2, 0.25) is 5.02 Å². The zero-order valence-electron chi connectivity index (χ0n) is 14.1. The molecule has 0 amide bonds. The van der Waals surface area contributed by atoms with Crippen LogP contribution in [0.25, 0.3) is 5.69 Å². The molecule has 3 aromatic rings. The first-order valence-electron chi connectivity index (χ1n) is 7.80. The lowest BCUT2D eigenvalue weighted by Crippen LogP contribution is -2.08. The summed E-state index contributed by atoms with van der Waals surface area (Å²) < 4.78 is 2.11. The van der Waals surface area contributed by atoms with Gasteiger partial charge in [-0.3, -0.25) is 4.99 Å². The molecule has 0 aliphatic rings. The number of benzene rings is 2. The minimum Gasteiger partial charge on any atom is -0.378 e. The van der Waals surface area contributed by atoms with E-state index < -0.39 is 0 Å². The van der Waals surface area contributed by atoms with Crippen LogP contribution >= 0.6 is 11.6 Å². The van der Waals surface area contributed by atoms with Gasteiger partial charge in [0.1, 0.15) is 0 Å². The first kappa shape index (κ1) is 16.3. The molecule has 0 atom stereocenters. The van der Waals surface area contributed by atoms with Gasteiger partial charge in [-0.05, 0) is 61.0 Å². The number of hydrogen-bond acceptors (Lipinski definition) is 2. The minimum atomic E-state index is 0.697. The van der Waals surface area contributed by atoms with Crippen molar-refractivity contribution in [3.05, 3.63) is 77.1 Å². The summed E-state index contributed by atoms with van der Waals surface area (Å²) in [6.07, 6.45) is 3.91. The van der Waals surface area contributed by atoms with Crippen LogP contribution in [0.4, 0.5) is 11.4 Å². The first-order valence-corrected chi connectivity index (χ1v) is 8.18. The smallest absolute Gasteiger partial charge is 0.0674 e. The number of aliphatic imine (C=N–C) groups is 1. The fourth-order valence-corrected chi connectivity index (χ4v) is 2.67. The molecule has 0 fully saturated rings. The lowest BCUT2D eigenvalue weighted by atomic mass is 10.2. The van der Waals surface area contributed by atoms with Crippen molar-refractivity contribution in [2.24, 2.45) is 4.99 Å². The summed E-state index contributed by atoms with van der Waals surface area (Å²) in [5, 5.41) is 0.697. The molecule has 0 spiro atoms. The Hall–Kier alpha value is -2.52. The molecule has 122 valence electrons. The van der Waals surface area contributed by atoms with Crippen molar-refractivity contribution in [2.45, 2.75) is 6.92 Å². The average molecular weight is 338 g/mol. The van der Waals surface area contributed by atoms with Crippen LogP contribution in [0, 0.1) is 6.92 Å². The van der Waals surface area contributed by atoms with E-state index in [0.29, 0.717) is 5.02 Å². The largest absolute Gasteiger partial charge is 0.378 e. The van der Waals surface area contributed by atoms with Crippen LogP contribution in [-0.2, 0) is 0 Å². The molecule has 0 bridgehead atoms. The normalized spacial score (nSPS) is 11.2. The topological polar surface area (TPSA) is 20.5 Å². The lowest BCUT2D eigenvalue weighted by molar-refractivity contribution is 1.06. The summed E-state index contributed by atoms with van der Waals surface area (Å²) in [6.45, 7) is 2.03. The molecule has 2 aromatic carbocycles. The fraction of sp³-hybridized carbons (Fsp3) is 0.150. The Bertz CT molecular complexity index is 861. The maximum Gasteiger partial charge on any atom is 0.0674 e. The highest BCUT2D eigenvalue weighted by Crippen LogP contribution is 2.23. The molecule has 0 saturated carbocycles. The number of halogens is 1. The third kappa shape index (κ3) is 3.52. The highest BCUT2D eigenvalue weighted by Gasteiger charge is 2.03. The molecule has 1 aromatic heterocycles. The number of hydrogen-bond donors (Lipinski definition) is 0. The molecule has 0 unspecified atom stereocenters. The summed E-state index contributed by atoms with van der Waals surface area (Å²) in [6, 6.07) is 18.2. The van der Waals surface area contributed by atoms with E-state index in [0.717, 1.165) is 22.6 Å². The van der Waals surface area contributed by atoms with E-state index in [9.17, 15) is 0 Å². The van der Waals surface area contributed by atoms with Gasteiger partial charge in [-0.1, -0.05) is 17.7 Å². The second-order valence-corrected chi connectivity index (χ2v) is 6.34. The number of aromatic nitrogens is 1. The van der Waals surface area contributed by atoms with E-state index in [2.05, 4.69) is 38.7 Å². The van der Waals surface area contributed by atoms with E-state index in [1.807, 2.05) is 63.8 Å². The van der Waals surface area contributed by atoms with Gasteiger partial charge in [-0.25, -0.2) is 0 Å². The van der Waals surface area contributed by atoms with Gasteiger partial charge in [0, 0.05) is 36.7 Å². The molecule has 1 heterocycles. The van der Waals surface area contributed by atoms with E-state index >= 15 is 0 Å². The number of aryl methyl sites for hydroxylation is 1. The molecular formula is C20H20ClN3. The van der Waals surface area contributed by atoms with Gasteiger partial charge in [0.25, 0.3) is 0 Å². The Morgan fingerprint density at radius 2 is 1.79 bits per heavy atom. The van der Waals surface area contributed by atoms with Crippen LogP contribution in [0.3, 0.4) is 0 Å². The van der Waals surface area contributed by atoms with E-state index in [1.165, 1.54) is 5.69 Å². The fourth-order valence-electron chi connectivity index (χ4n) is 2.50. The molecule has 0 radical (unpaired) electrons. The molecule has 0 N–H and O–H groups in total. The minimum absolute atomic E-state index is 0.697.